The fourth-order valence-electron chi connectivity index (χ4n) is 2.99. The number of ether oxygens (including phenoxy) is 1. The summed E-state index contributed by atoms with van der Waals surface area (Å²) < 4.78 is 45.8. The Morgan fingerprint density at radius 3 is 2.43 bits per heavy atom. The number of hydrogen-bond donors (Lipinski definition) is 1. The maximum absolute atomic E-state index is 13.7. The number of hydrogen-bond acceptors (Lipinski definition) is 2. The van der Waals surface area contributed by atoms with Gasteiger partial charge in [-0.2, -0.15) is 4.39 Å². The number of piperidine rings is 1. The Morgan fingerprint density at radius 2 is 1.65 bits per heavy atom. The molecule has 1 saturated heterocycles. The van der Waals surface area contributed by atoms with Crippen molar-refractivity contribution in [3.05, 3.63) is 65.0 Å². The highest BCUT2D eigenvalue weighted by Gasteiger charge is 2.19. The standard InChI is InChI=1S/C18H18F3NO/c19-15-5-6-16(20)18(17(15)21)23-11-13-3-1-2-4-14(13)12-7-9-22-10-8-12/h1-6,12,22H,7-11H2. The summed E-state index contributed by atoms with van der Waals surface area (Å²) in [7, 11) is 0. The van der Waals surface area contributed by atoms with E-state index in [1.165, 1.54) is 0 Å². The van der Waals surface area contributed by atoms with E-state index < -0.39 is 23.2 Å². The van der Waals surface area contributed by atoms with Crippen LogP contribution in [0.15, 0.2) is 36.4 Å². The Labute approximate surface area is 133 Å². The zero-order valence-corrected chi connectivity index (χ0v) is 12.6. The van der Waals surface area contributed by atoms with Gasteiger partial charge in [0.05, 0.1) is 0 Å². The van der Waals surface area contributed by atoms with E-state index in [1.54, 1.807) is 0 Å². The molecule has 1 fully saturated rings. The van der Waals surface area contributed by atoms with Crippen LogP contribution in [0.25, 0.3) is 0 Å². The monoisotopic (exact) mass is 321 g/mol. The van der Waals surface area contributed by atoms with Crippen LogP contribution in [-0.4, -0.2) is 13.1 Å². The lowest BCUT2D eigenvalue weighted by molar-refractivity contribution is 0.266. The SMILES string of the molecule is Fc1ccc(F)c(OCc2ccccc2C2CCNCC2)c1F. The van der Waals surface area contributed by atoms with Crippen molar-refractivity contribution in [3.63, 3.8) is 0 Å². The van der Waals surface area contributed by atoms with Crippen molar-refractivity contribution in [1.29, 1.82) is 0 Å². The second kappa shape index (κ2) is 7.04. The smallest absolute Gasteiger partial charge is 0.203 e. The lowest BCUT2D eigenvalue weighted by atomic mass is 9.87. The van der Waals surface area contributed by atoms with Crippen LogP contribution in [0.3, 0.4) is 0 Å². The lowest BCUT2D eigenvalue weighted by Gasteiger charge is -2.25. The molecule has 0 amide bonds. The molecule has 2 aromatic rings. The van der Waals surface area contributed by atoms with Crippen LogP contribution in [0.4, 0.5) is 13.2 Å². The highest BCUT2D eigenvalue weighted by Crippen LogP contribution is 2.30. The zero-order valence-electron chi connectivity index (χ0n) is 12.6. The van der Waals surface area contributed by atoms with Crippen molar-refractivity contribution >= 4 is 0 Å². The third-order valence-corrected chi connectivity index (χ3v) is 4.21. The maximum atomic E-state index is 13.7. The van der Waals surface area contributed by atoms with Gasteiger partial charge >= 0.3 is 0 Å². The zero-order chi connectivity index (χ0) is 16.2. The molecule has 2 nitrogen and oxygen atoms in total. The van der Waals surface area contributed by atoms with Gasteiger partial charge < -0.3 is 10.1 Å². The Morgan fingerprint density at radius 1 is 0.957 bits per heavy atom. The molecule has 0 aliphatic carbocycles. The summed E-state index contributed by atoms with van der Waals surface area (Å²) >= 11 is 0. The van der Waals surface area contributed by atoms with Crippen molar-refractivity contribution in [2.24, 2.45) is 0 Å². The van der Waals surface area contributed by atoms with Gasteiger partial charge in [-0.3, -0.25) is 0 Å². The third-order valence-electron chi connectivity index (χ3n) is 4.21. The molecule has 1 N–H and O–H groups in total. The first-order valence-electron chi connectivity index (χ1n) is 7.71. The van der Waals surface area contributed by atoms with Gasteiger partial charge in [-0.05, 0) is 55.1 Å². The summed E-state index contributed by atoms with van der Waals surface area (Å²) in [4.78, 5) is 0. The van der Waals surface area contributed by atoms with E-state index in [-0.39, 0.29) is 6.61 Å². The van der Waals surface area contributed by atoms with E-state index >= 15 is 0 Å². The van der Waals surface area contributed by atoms with Crippen molar-refractivity contribution in [1.82, 2.24) is 5.32 Å². The predicted octanol–water partition coefficient (Wildman–Crippen LogP) is 4.15. The van der Waals surface area contributed by atoms with Gasteiger partial charge in [0.25, 0.3) is 0 Å². The van der Waals surface area contributed by atoms with E-state index in [2.05, 4.69) is 5.32 Å². The Kier molecular flexibility index (Phi) is 4.86. The minimum absolute atomic E-state index is 0.0113. The second-order valence-corrected chi connectivity index (χ2v) is 5.68. The molecule has 3 rings (SSSR count). The van der Waals surface area contributed by atoms with Crippen LogP contribution in [-0.2, 0) is 6.61 Å². The second-order valence-electron chi connectivity index (χ2n) is 5.68. The van der Waals surface area contributed by atoms with Crippen molar-refractivity contribution in [3.8, 4) is 5.75 Å². The summed E-state index contributed by atoms with van der Waals surface area (Å²) in [6.45, 7) is 1.91. The van der Waals surface area contributed by atoms with Gasteiger partial charge in [0, 0.05) is 0 Å². The summed E-state index contributed by atoms with van der Waals surface area (Å²) in [5.74, 6) is -3.57. The molecule has 0 aromatic heterocycles. The first kappa shape index (κ1) is 15.9. The molecule has 0 radical (unpaired) electrons. The first-order valence-corrected chi connectivity index (χ1v) is 7.71. The minimum atomic E-state index is -1.29. The number of halogens is 3. The number of benzene rings is 2. The minimum Gasteiger partial charge on any atom is -0.483 e. The van der Waals surface area contributed by atoms with Crippen LogP contribution in [0.2, 0.25) is 0 Å². The topological polar surface area (TPSA) is 21.3 Å². The van der Waals surface area contributed by atoms with Gasteiger partial charge in [-0.1, -0.05) is 24.3 Å². The molecule has 0 spiro atoms. The summed E-state index contributed by atoms with van der Waals surface area (Å²) in [6, 6.07) is 9.33. The van der Waals surface area contributed by atoms with Crippen molar-refractivity contribution in [2.45, 2.75) is 25.4 Å². The molecule has 1 aliphatic heterocycles. The molecule has 0 bridgehead atoms. The fourth-order valence-corrected chi connectivity index (χ4v) is 2.99. The molecule has 0 saturated carbocycles. The Balaban J connectivity index is 1.80. The van der Waals surface area contributed by atoms with E-state index in [9.17, 15) is 13.2 Å². The van der Waals surface area contributed by atoms with Gasteiger partial charge in [-0.25, -0.2) is 8.78 Å². The maximum Gasteiger partial charge on any atom is 0.203 e. The average Bonchev–Trinajstić information content (AvgIpc) is 2.59. The molecule has 1 aliphatic rings. The third kappa shape index (κ3) is 3.50. The Bertz CT molecular complexity index is 684. The Hall–Kier alpha value is -2.01. The van der Waals surface area contributed by atoms with Crippen LogP contribution in [0.1, 0.15) is 29.9 Å². The number of nitrogens with one attached hydrogen (secondary N) is 1. The molecule has 1 heterocycles. The van der Waals surface area contributed by atoms with E-state index in [1.807, 2.05) is 24.3 Å². The van der Waals surface area contributed by atoms with Gasteiger partial charge in [0.2, 0.25) is 5.82 Å². The van der Waals surface area contributed by atoms with Gasteiger partial charge in [0.1, 0.15) is 6.61 Å². The molecule has 122 valence electrons. The highest BCUT2D eigenvalue weighted by molar-refractivity contribution is 5.32. The molecule has 0 atom stereocenters. The van der Waals surface area contributed by atoms with Crippen LogP contribution >= 0.6 is 0 Å². The van der Waals surface area contributed by atoms with Crippen LogP contribution < -0.4 is 10.1 Å². The molecule has 0 unspecified atom stereocenters. The highest BCUT2D eigenvalue weighted by atomic mass is 19.2. The lowest BCUT2D eigenvalue weighted by Crippen LogP contribution is -2.27. The first-order chi connectivity index (χ1) is 11.2. The van der Waals surface area contributed by atoms with Crippen molar-refractivity contribution < 1.29 is 17.9 Å². The average molecular weight is 321 g/mol. The summed E-state index contributed by atoms with van der Waals surface area (Å²) in [5.41, 5.74) is 2.01. The molecule has 2 aromatic carbocycles. The predicted molar refractivity (Wildman–Crippen MR) is 81.9 cm³/mol. The fraction of sp³-hybridized carbons (Fsp3) is 0.333. The molecule has 5 heteroatoms. The normalized spacial score (nSPS) is 15.6. The van der Waals surface area contributed by atoms with E-state index in [0.717, 1.165) is 49.2 Å². The summed E-state index contributed by atoms with van der Waals surface area (Å²) in [6.07, 6.45) is 2.03. The van der Waals surface area contributed by atoms with Gasteiger partial charge in [0.15, 0.2) is 17.4 Å². The largest absolute Gasteiger partial charge is 0.483 e. The van der Waals surface area contributed by atoms with E-state index in [4.69, 9.17) is 4.74 Å². The molecular weight excluding hydrogens is 303 g/mol. The van der Waals surface area contributed by atoms with Crippen LogP contribution in [0, 0.1) is 17.5 Å². The van der Waals surface area contributed by atoms with Crippen LogP contribution in [0.5, 0.6) is 5.75 Å². The quantitative estimate of drug-likeness (QED) is 0.854. The molecule has 23 heavy (non-hydrogen) atoms. The van der Waals surface area contributed by atoms with Crippen molar-refractivity contribution in [2.75, 3.05) is 13.1 Å². The van der Waals surface area contributed by atoms with E-state index in [0.29, 0.717) is 5.92 Å². The number of rotatable bonds is 4. The summed E-state index contributed by atoms with van der Waals surface area (Å²) in [5, 5.41) is 3.31. The molecular formula is C18H18F3NO. The van der Waals surface area contributed by atoms with Gasteiger partial charge in [-0.15, -0.1) is 0 Å².